The number of aryl methyl sites for hydroxylation is 1. The Morgan fingerprint density at radius 2 is 1.57 bits per heavy atom. The molecule has 1 aromatic heterocycles. The molecule has 2 fully saturated rings. The van der Waals surface area contributed by atoms with E-state index in [1.54, 1.807) is 11.8 Å². The van der Waals surface area contributed by atoms with Gasteiger partial charge >= 0.3 is 6.03 Å². The van der Waals surface area contributed by atoms with Crippen LogP contribution in [0.25, 0.3) is 5.69 Å². The maximum absolute atomic E-state index is 13.6. The number of piperidine rings is 1. The number of carbonyl (C=O) groups is 2. The van der Waals surface area contributed by atoms with E-state index in [2.05, 4.69) is 48.4 Å². The molecule has 3 aromatic carbocycles. The molecule has 3 atom stereocenters. The van der Waals surface area contributed by atoms with Gasteiger partial charge in [-0.1, -0.05) is 80.9 Å². The van der Waals surface area contributed by atoms with Crippen molar-refractivity contribution in [2.45, 2.75) is 83.4 Å². The van der Waals surface area contributed by atoms with Crippen LogP contribution in [0.5, 0.6) is 0 Å². The van der Waals surface area contributed by atoms with E-state index in [-0.39, 0.29) is 29.4 Å². The largest absolute Gasteiger partial charge is 0.367 e. The lowest BCUT2D eigenvalue weighted by Gasteiger charge is -2.40. The molecule has 0 aliphatic carbocycles. The van der Waals surface area contributed by atoms with Crippen molar-refractivity contribution in [3.8, 4) is 5.69 Å². The minimum Gasteiger partial charge on any atom is -0.367 e. The molecule has 8 heteroatoms. The molecule has 0 saturated carbocycles. The summed E-state index contributed by atoms with van der Waals surface area (Å²) in [6.45, 7) is 8.37. The number of nitrogens with one attached hydrogen (secondary N) is 2. The highest BCUT2D eigenvalue weighted by molar-refractivity contribution is 5.99. The minimum atomic E-state index is -0.554. The number of aromatic nitrogens is 2. The highest BCUT2D eigenvalue weighted by Gasteiger charge is 2.45. The van der Waals surface area contributed by atoms with Crippen LogP contribution in [0.2, 0.25) is 0 Å². The number of methoxy groups -OCH3 is 1. The van der Waals surface area contributed by atoms with Gasteiger partial charge in [-0.3, -0.25) is 10.1 Å². The van der Waals surface area contributed by atoms with Crippen LogP contribution >= 0.6 is 0 Å². The third-order valence-electron chi connectivity index (χ3n) is 9.38. The Balaban J connectivity index is 1.06. The molecule has 2 aliphatic heterocycles. The van der Waals surface area contributed by atoms with Gasteiger partial charge in [0.05, 0.1) is 11.4 Å². The lowest BCUT2D eigenvalue weighted by Crippen LogP contribution is -2.49. The van der Waals surface area contributed by atoms with E-state index in [1.807, 2.05) is 79.7 Å². The zero-order valence-electron chi connectivity index (χ0n) is 27.5. The second-order valence-electron chi connectivity index (χ2n) is 13.9. The summed E-state index contributed by atoms with van der Waals surface area (Å²) in [5.41, 5.74) is 5.65. The zero-order chi connectivity index (χ0) is 32.4. The summed E-state index contributed by atoms with van der Waals surface area (Å²) < 4.78 is 7.47. The number of fused-ring (bicyclic) bond motifs is 2. The van der Waals surface area contributed by atoms with Crippen LogP contribution in [0.15, 0.2) is 84.9 Å². The summed E-state index contributed by atoms with van der Waals surface area (Å²) >= 11 is 0. The quantitative estimate of drug-likeness (QED) is 0.211. The van der Waals surface area contributed by atoms with Crippen molar-refractivity contribution in [2.24, 2.45) is 5.92 Å². The van der Waals surface area contributed by atoms with E-state index in [9.17, 15) is 9.59 Å². The smallest absolute Gasteiger partial charge is 0.324 e. The normalized spacial score (nSPS) is 19.9. The van der Waals surface area contributed by atoms with Crippen molar-refractivity contribution >= 4 is 23.4 Å². The Morgan fingerprint density at radius 3 is 2.17 bits per heavy atom. The minimum absolute atomic E-state index is 0.0879. The fourth-order valence-corrected chi connectivity index (χ4v) is 7.01. The van der Waals surface area contributed by atoms with E-state index in [4.69, 9.17) is 9.84 Å². The number of ether oxygens (including phenoxy) is 1. The van der Waals surface area contributed by atoms with Gasteiger partial charge in [0.1, 0.15) is 5.82 Å². The van der Waals surface area contributed by atoms with Crippen molar-refractivity contribution in [2.75, 3.05) is 17.7 Å². The van der Waals surface area contributed by atoms with Gasteiger partial charge in [0.2, 0.25) is 0 Å². The van der Waals surface area contributed by atoms with Crippen LogP contribution in [0.1, 0.15) is 74.9 Å². The number of carbonyl (C=O) groups excluding carboxylic acids is 2. The molecule has 8 nitrogen and oxygen atoms in total. The number of urea groups is 1. The highest BCUT2D eigenvalue weighted by Crippen LogP contribution is 2.41. The van der Waals surface area contributed by atoms with E-state index in [0.29, 0.717) is 11.7 Å². The first-order chi connectivity index (χ1) is 22.1. The molecule has 2 unspecified atom stereocenters. The summed E-state index contributed by atoms with van der Waals surface area (Å²) in [7, 11) is 1.62. The topological polar surface area (TPSA) is 88.5 Å². The molecule has 2 aliphatic rings. The first-order valence-electron chi connectivity index (χ1n) is 16.3. The molecular weight excluding hydrogens is 574 g/mol. The van der Waals surface area contributed by atoms with Gasteiger partial charge in [0.15, 0.2) is 6.10 Å². The molecule has 2 N–H and O–H groups in total. The average molecular weight is 620 g/mol. The van der Waals surface area contributed by atoms with Gasteiger partial charge in [0.25, 0.3) is 5.91 Å². The number of amides is 3. The van der Waals surface area contributed by atoms with Crippen molar-refractivity contribution in [3.05, 3.63) is 107 Å². The number of nitrogens with zero attached hydrogens (tertiary/aromatic N) is 3. The van der Waals surface area contributed by atoms with E-state index < -0.39 is 6.10 Å². The van der Waals surface area contributed by atoms with Crippen LogP contribution in [0.4, 0.5) is 16.3 Å². The van der Waals surface area contributed by atoms with E-state index >= 15 is 0 Å². The Labute approximate surface area is 272 Å². The lowest BCUT2D eigenvalue weighted by molar-refractivity contribution is -0.147. The van der Waals surface area contributed by atoms with Gasteiger partial charge in [-0.2, -0.15) is 5.10 Å². The Kier molecular flexibility index (Phi) is 9.00. The van der Waals surface area contributed by atoms with Crippen LogP contribution in [0.3, 0.4) is 0 Å². The third-order valence-corrected chi connectivity index (χ3v) is 9.38. The predicted octanol–water partition coefficient (Wildman–Crippen LogP) is 7.82. The van der Waals surface area contributed by atoms with E-state index in [0.717, 1.165) is 60.3 Å². The van der Waals surface area contributed by atoms with Crippen molar-refractivity contribution in [3.63, 3.8) is 0 Å². The second-order valence-corrected chi connectivity index (χ2v) is 13.9. The van der Waals surface area contributed by atoms with Crippen LogP contribution in [0, 0.1) is 12.8 Å². The Hall–Kier alpha value is -4.43. The average Bonchev–Trinajstić information content (AvgIpc) is 3.57. The predicted molar refractivity (Wildman–Crippen MR) is 182 cm³/mol. The number of anilines is 2. The summed E-state index contributed by atoms with van der Waals surface area (Å²) in [4.78, 5) is 28.8. The maximum Gasteiger partial charge on any atom is 0.324 e. The van der Waals surface area contributed by atoms with Crippen LogP contribution < -0.4 is 10.6 Å². The molecule has 3 heterocycles. The third kappa shape index (κ3) is 6.87. The van der Waals surface area contributed by atoms with Crippen molar-refractivity contribution in [1.29, 1.82) is 0 Å². The highest BCUT2D eigenvalue weighted by atomic mass is 16.5. The molecule has 3 amide bonds. The SMILES string of the molecule is CO[C@H](C(=O)N1C2CCC1CC(Cc1ccc(NC(=O)Nc3cc(C(C)(C)C)nn3-c3ccc(C)cc3)cc1)C2)c1ccccc1. The van der Waals surface area contributed by atoms with Gasteiger partial charge in [-0.15, -0.1) is 0 Å². The fourth-order valence-electron chi connectivity index (χ4n) is 7.01. The standard InChI is InChI=1S/C38H45N5O3/c1-25-11-17-30(18-12-25)43-34(24-33(41-43)38(2,3)4)40-37(45)39-29-15-13-26(14-16-29)21-27-22-31-19-20-32(23-27)42(31)36(44)35(46-5)28-9-7-6-8-10-28/h6-18,24,27,31-32,35H,19-23H2,1-5H3,(H2,39,40,45)/t27?,31?,32?,35-/m0/s1. The van der Waals surface area contributed by atoms with Gasteiger partial charge in [-0.25, -0.2) is 9.48 Å². The first-order valence-corrected chi connectivity index (χ1v) is 16.3. The van der Waals surface area contributed by atoms with Crippen molar-refractivity contribution < 1.29 is 14.3 Å². The summed E-state index contributed by atoms with van der Waals surface area (Å²) in [5.74, 6) is 1.22. The second kappa shape index (κ2) is 13.1. The molecular formula is C38H45N5O3. The first kappa shape index (κ1) is 31.5. The molecule has 0 radical (unpaired) electrons. The number of hydrogen-bond donors (Lipinski definition) is 2. The van der Waals surface area contributed by atoms with Crippen LogP contribution in [-0.4, -0.2) is 45.8 Å². The summed E-state index contributed by atoms with van der Waals surface area (Å²) in [6, 6.07) is 28.1. The van der Waals surface area contributed by atoms with E-state index in [1.165, 1.54) is 5.56 Å². The number of hydrogen-bond acceptors (Lipinski definition) is 4. The van der Waals surface area contributed by atoms with Gasteiger partial charge in [-0.05, 0) is 80.3 Å². The monoisotopic (exact) mass is 619 g/mol. The molecule has 2 saturated heterocycles. The zero-order valence-corrected chi connectivity index (χ0v) is 27.5. The molecule has 0 spiro atoms. The van der Waals surface area contributed by atoms with Crippen molar-refractivity contribution in [1.82, 2.24) is 14.7 Å². The number of rotatable bonds is 8. The maximum atomic E-state index is 13.6. The van der Waals surface area contributed by atoms with Crippen LogP contribution in [-0.2, 0) is 21.4 Å². The molecule has 240 valence electrons. The van der Waals surface area contributed by atoms with Gasteiger partial charge in [0, 0.05) is 36.4 Å². The van der Waals surface area contributed by atoms with Gasteiger partial charge < -0.3 is 15.0 Å². The molecule has 6 rings (SSSR count). The molecule has 46 heavy (non-hydrogen) atoms. The lowest BCUT2D eigenvalue weighted by atomic mass is 9.85. The summed E-state index contributed by atoms with van der Waals surface area (Å²) in [5, 5.41) is 10.8. The Morgan fingerprint density at radius 1 is 0.913 bits per heavy atom. The molecule has 4 aromatic rings. The summed E-state index contributed by atoms with van der Waals surface area (Å²) in [6.07, 6.45) is 4.51. The fraction of sp³-hybridized carbons (Fsp3) is 0.395. The Bertz CT molecular complexity index is 1640. The molecule has 2 bridgehead atoms. The number of benzene rings is 3.